The molecule has 0 radical (unpaired) electrons. The fourth-order valence-electron chi connectivity index (χ4n) is 2.83. The molecule has 2 rings (SSSR count). The van der Waals surface area contributed by atoms with E-state index < -0.39 is 0 Å². The van der Waals surface area contributed by atoms with Crippen LogP contribution in [0.1, 0.15) is 101 Å². The lowest BCUT2D eigenvalue weighted by atomic mass is 9.91. The lowest BCUT2D eigenvalue weighted by Gasteiger charge is -2.14. The Morgan fingerprint density at radius 3 is 0.917 bits per heavy atom. The minimum atomic E-state index is 0.642. The van der Waals surface area contributed by atoms with Crippen LogP contribution < -0.4 is 0 Å². The lowest BCUT2D eigenvalue weighted by molar-refractivity contribution is 0.790. The van der Waals surface area contributed by atoms with E-state index in [2.05, 4.69) is 104 Å². The third kappa shape index (κ3) is 6.15. The number of benzene rings is 2. The van der Waals surface area contributed by atoms with Crippen LogP contribution in [-0.2, 0) is 0 Å². The van der Waals surface area contributed by atoms with Crippen molar-refractivity contribution in [2.45, 2.75) is 79.1 Å². The van der Waals surface area contributed by atoms with Gasteiger partial charge in [-0.1, -0.05) is 104 Å². The fraction of sp³-hybridized carbons (Fsp3) is 0.500. The molecule has 0 N–H and O–H groups in total. The summed E-state index contributed by atoms with van der Waals surface area (Å²) in [7, 11) is 0. The molecule has 132 valence electrons. The molecule has 0 amide bonds. The van der Waals surface area contributed by atoms with Gasteiger partial charge < -0.3 is 0 Å². The van der Waals surface area contributed by atoms with Gasteiger partial charge in [-0.15, -0.1) is 0 Å². The summed E-state index contributed by atoms with van der Waals surface area (Å²) in [6.07, 6.45) is 0. The third-order valence-electron chi connectivity index (χ3n) is 4.51. The largest absolute Gasteiger partial charge is 0.0620 e. The molecule has 0 bridgehead atoms. The van der Waals surface area contributed by atoms with E-state index in [1.54, 1.807) is 0 Å². The van der Waals surface area contributed by atoms with Gasteiger partial charge in [-0.2, -0.15) is 0 Å². The van der Waals surface area contributed by atoms with E-state index in [0.717, 1.165) is 0 Å². The van der Waals surface area contributed by atoms with Gasteiger partial charge in [0, 0.05) is 0 Å². The first-order valence-electron chi connectivity index (χ1n) is 9.42. The molecule has 0 saturated carbocycles. The Labute approximate surface area is 150 Å². The normalized spacial score (nSPS) is 11.2. The van der Waals surface area contributed by atoms with Crippen molar-refractivity contribution in [2.24, 2.45) is 0 Å². The van der Waals surface area contributed by atoms with Gasteiger partial charge in [-0.25, -0.2) is 0 Å². The standard InChI is InChI=1S/2C12H18/c1-9(2)11-5-7-12(8-6-11)10(3)4;1-9(2)11-7-5-6-8-12(11)10(3)4/h2*5-10H,1-4H3. The molecule has 2 aromatic carbocycles. The predicted octanol–water partition coefficient (Wildman–Crippen LogP) is 7.87. The van der Waals surface area contributed by atoms with Gasteiger partial charge in [0.1, 0.15) is 0 Å². The van der Waals surface area contributed by atoms with Crippen molar-refractivity contribution in [3.05, 3.63) is 70.8 Å². The topological polar surface area (TPSA) is 0 Å². The average molecular weight is 325 g/mol. The number of hydrogen-bond donors (Lipinski definition) is 0. The molecule has 0 aliphatic rings. The van der Waals surface area contributed by atoms with E-state index in [0.29, 0.717) is 23.7 Å². The van der Waals surface area contributed by atoms with Crippen molar-refractivity contribution in [2.75, 3.05) is 0 Å². The van der Waals surface area contributed by atoms with E-state index >= 15 is 0 Å². The second-order valence-electron chi connectivity index (χ2n) is 7.91. The van der Waals surface area contributed by atoms with Crippen LogP contribution in [0.15, 0.2) is 48.5 Å². The summed E-state index contributed by atoms with van der Waals surface area (Å²) in [6, 6.07) is 17.7. The molecule has 0 fully saturated rings. The first-order chi connectivity index (χ1) is 11.2. The summed E-state index contributed by atoms with van der Waals surface area (Å²) in [4.78, 5) is 0. The van der Waals surface area contributed by atoms with Crippen molar-refractivity contribution in [1.82, 2.24) is 0 Å². The molecule has 0 atom stereocenters. The Bertz CT molecular complexity index is 532. The minimum absolute atomic E-state index is 0.642. The molecule has 0 heterocycles. The van der Waals surface area contributed by atoms with Crippen molar-refractivity contribution in [1.29, 1.82) is 0 Å². The molecule has 0 aliphatic carbocycles. The highest BCUT2D eigenvalue weighted by Crippen LogP contribution is 2.25. The van der Waals surface area contributed by atoms with Crippen LogP contribution in [0.2, 0.25) is 0 Å². The van der Waals surface area contributed by atoms with Crippen molar-refractivity contribution in [3.63, 3.8) is 0 Å². The van der Waals surface area contributed by atoms with Gasteiger partial charge in [-0.05, 0) is 45.9 Å². The summed E-state index contributed by atoms with van der Waals surface area (Å²) < 4.78 is 0. The second kappa shape index (κ2) is 9.67. The molecular weight excluding hydrogens is 288 g/mol. The van der Waals surface area contributed by atoms with Crippen LogP contribution in [0.25, 0.3) is 0 Å². The van der Waals surface area contributed by atoms with Crippen LogP contribution in [-0.4, -0.2) is 0 Å². The Balaban J connectivity index is 0.000000240. The average Bonchev–Trinajstić information content (AvgIpc) is 2.55. The quantitative estimate of drug-likeness (QED) is 0.536. The smallest absolute Gasteiger partial charge is 0.0216 e. The number of hydrogen-bond acceptors (Lipinski definition) is 0. The first kappa shape index (κ1) is 20.5. The molecular formula is C24H36. The molecule has 0 unspecified atom stereocenters. The third-order valence-corrected chi connectivity index (χ3v) is 4.51. The SMILES string of the molecule is CC(C)c1ccc(C(C)C)cc1.CC(C)c1ccccc1C(C)C. The maximum atomic E-state index is 2.25. The predicted molar refractivity (Wildman–Crippen MR) is 109 cm³/mol. The summed E-state index contributed by atoms with van der Waals surface area (Å²) in [6.45, 7) is 17.9. The zero-order chi connectivity index (χ0) is 18.3. The van der Waals surface area contributed by atoms with Crippen LogP contribution in [0, 0.1) is 0 Å². The molecule has 0 heteroatoms. The monoisotopic (exact) mass is 324 g/mol. The zero-order valence-electron chi connectivity index (χ0n) is 16.9. The lowest BCUT2D eigenvalue weighted by Crippen LogP contribution is -1.97. The Kier molecular flexibility index (Phi) is 8.25. The maximum absolute atomic E-state index is 2.25. The fourth-order valence-corrected chi connectivity index (χ4v) is 2.83. The first-order valence-corrected chi connectivity index (χ1v) is 9.42. The van der Waals surface area contributed by atoms with E-state index in [1.165, 1.54) is 22.3 Å². The Morgan fingerprint density at radius 1 is 0.417 bits per heavy atom. The van der Waals surface area contributed by atoms with Gasteiger partial charge in [-0.3, -0.25) is 0 Å². The van der Waals surface area contributed by atoms with Gasteiger partial charge >= 0.3 is 0 Å². The van der Waals surface area contributed by atoms with Gasteiger partial charge in [0.2, 0.25) is 0 Å². The molecule has 0 aliphatic heterocycles. The van der Waals surface area contributed by atoms with Crippen molar-refractivity contribution in [3.8, 4) is 0 Å². The highest BCUT2D eigenvalue weighted by molar-refractivity contribution is 5.31. The van der Waals surface area contributed by atoms with Crippen LogP contribution in [0.3, 0.4) is 0 Å². The van der Waals surface area contributed by atoms with E-state index in [1.807, 2.05) is 0 Å². The Hall–Kier alpha value is -1.56. The van der Waals surface area contributed by atoms with Gasteiger partial charge in [0.25, 0.3) is 0 Å². The van der Waals surface area contributed by atoms with Crippen molar-refractivity contribution >= 4 is 0 Å². The molecule has 2 aromatic rings. The summed E-state index contributed by atoms with van der Waals surface area (Å²) >= 11 is 0. The molecule has 0 saturated heterocycles. The highest BCUT2D eigenvalue weighted by Gasteiger charge is 2.07. The van der Waals surface area contributed by atoms with E-state index in [9.17, 15) is 0 Å². The maximum Gasteiger partial charge on any atom is -0.0216 e. The molecule has 24 heavy (non-hydrogen) atoms. The number of rotatable bonds is 4. The van der Waals surface area contributed by atoms with Crippen LogP contribution >= 0.6 is 0 Å². The van der Waals surface area contributed by atoms with Gasteiger partial charge in [0.15, 0.2) is 0 Å². The minimum Gasteiger partial charge on any atom is -0.0620 e. The summed E-state index contributed by atoms with van der Waals surface area (Å²) in [5, 5.41) is 0. The summed E-state index contributed by atoms with van der Waals surface area (Å²) in [5.41, 5.74) is 5.85. The molecule has 0 aromatic heterocycles. The summed E-state index contributed by atoms with van der Waals surface area (Å²) in [5.74, 6) is 2.57. The second-order valence-corrected chi connectivity index (χ2v) is 7.91. The molecule has 0 spiro atoms. The van der Waals surface area contributed by atoms with Crippen LogP contribution in [0.4, 0.5) is 0 Å². The van der Waals surface area contributed by atoms with Crippen molar-refractivity contribution < 1.29 is 0 Å². The Morgan fingerprint density at radius 2 is 0.708 bits per heavy atom. The highest BCUT2D eigenvalue weighted by atomic mass is 14.1. The van der Waals surface area contributed by atoms with E-state index in [4.69, 9.17) is 0 Å². The van der Waals surface area contributed by atoms with E-state index in [-0.39, 0.29) is 0 Å². The van der Waals surface area contributed by atoms with Crippen LogP contribution in [0.5, 0.6) is 0 Å². The zero-order valence-corrected chi connectivity index (χ0v) is 16.9. The molecule has 0 nitrogen and oxygen atoms in total. The van der Waals surface area contributed by atoms with Gasteiger partial charge in [0.05, 0.1) is 0 Å².